The zero-order valence-electron chi connectivity index (χ0n) is 9.06. The van der Waals surface area contributed by atoms with Crippen molar-refractivity contribution in [2.45, 2.75) is 13.5 Å². The van der Waals surface area contributed by atoms with Crippen molar-refractivity contribution in [1.82, 2.24) is 0 Å². The van der Waals surface area contributed by atoms with Crippen LogP contribution in [0.15, 0.2) is 28.1 Å². The van der Waals surface area contributed by atoms with Gasteiger partial charge in [-0.1, -0.05) is 6.07 Å². The maximum Gasteiger partial charge on any atom is 0.152 e. The summed E-state index contributed by atoms with van der Waals surface area (Å²) in [5.41, 5.74) is 0.371. The van der Waals surface area contributed by atoms with Crippen molar-refractivity contribution in [3.63, 3.8) is 0 Å². The molecular weight excluding hydrogens is 308 g/mol. The minimum absolute atomic E-state index is 0.0606. The van der Waals surface area contributed by atoms with Crippen LogP contribution in [0.25, 0.3) is 0 Å². The normalized spacial score (nSPS) is 10.6. The first kappa shape index (κ1) is 12.5. The lowest BCUT2D eigenvalue weighted by atomic mass is 10.2. The van der Waals surface area contributed by atoms with Crippen LogP contribution in [0, 0.1) is 18.6 Å². The molecule has 2 rings (SSSR count). The number of nitrogens with one attached hydrogen (secondary N) is 1. The summed E-state index contributed by atoms with van der Waals surface area (Å²) >= 11 is 4.87. The van der Waals surface area contributed by atoms with Gasteiger partial charge in [0.1, 0.15) is 11.5 Å². The van der Waals surface area contributed by atoms with Crippen LogP contribution in [0.5, 0.6) is 0 Å². The Hall–Kier alpha value is -0.940. The van der Waals surface area contributed by atoms with Crippen LogP contribution in [0.1, 0.15) is 10.4 Å². The average molecular weight is 318 g/mol. The van der Waals surface area contributed by atoms with Gasteiger partial charge in [-0.25, -0.2) is 8.78 Å². The molecule has 17 heavy (non-hydrogen) atoms. The van der Waals surface area contributed by atoms with Crippen LogP contribution in [0.3, 0.4) is 0 Å². The Kier molecular flexibility index (Phi) is 3.79. The largest absolute Gasteiger partial charge is 0.375 e. The van der Waals surface area contributed by atoms with Crippen molar-refractivity contribution in [3.05, 3.63) is 50.1 Å². The van der Waals surface area contributed by atoms with Crippen LogP contribution in [0.4, 0.5) is 14.5 Å². The van der Waals surface area contributed by atoms with E-state index in [4.69, 9.17) is 0 Å². The number of hydrogen-bond donors (Lipinski definition) is 1. The summed E-state index contributed by atoms with van der Waals surface area (Å²) in [5.74, 6) is -1.09. The highest BCUT2D eigenvalue weighted by atomic mass is 79.9. The molecular formula is C12H10BrF2NS. The van der Waals surface area contributed by atoms with Crippen LogP contribution in [0.2, 0.25) is 0 Å². The number of hydrogen-bond acceptors (Lipinski definition) is 2. The second-order valence-electron chi connectivity index (χ2n) is 3.61. The average Bonchev–Trinajstić information content (AvgIpc) is 2.70. The van der Waals surface area contributed by atoms with Crippen molar-refractivity contribution in [3.8, 4) is 0 Å². The molecule has 0 saturated carbocycles. The molecule has 0 aliphatic heterocycles. The van der Waals surface area contributed by atoms with E-state index in [1.165, 1.54) is 23.5 Å². The van der Waals surface area contributed by atoms with Gasteiger partial charge >= 0.3 is 0 Å². The fourth-order valence-electron chi connectivity index (χ4n) is 1.44. The minimum atomic E-state index is -0.566. The number of thiophene rings is 1. The lowest BCUT2D eigenvalue weighted by molar-refractivity contribution is 0.582. The van der Waals surface area contributed by atoms with Crippen LogP contribution in [-0.2, 0) is 6.54 Å². The van der Waals surface area contributed by atoms with Gasteiger partial charge in [-0.2, -0.15) is 0 Å². The fraction of sp³-hybridized carbons (Fsp3) is 0.167. The van der Waals surface area contributed by atoms with E-state index in [-0.39, 0.29) is 5.69 Å². The van der Waals surface area contributed by atoms with Crippen molar-refractivity contribution in [1.29, 1.82) is 0 Å². The topological polar surface area (TPSA) is 12.0 Å². The molecule has 0 amide bonds. The molecule has 1 heterocycles. The maximum atomic E-state index is 13.7. The molecule has 0 radical (unpaired) electrons. The lowest BCUT2D eigenvalue weighted by Crippen LogP contribution is -2.03. The molecule has 0 saturated heterocycles. The third-order valence-corrected chi connectivity index (χ3v) is 3.98. The Morgan fingerprint density at radius 1 is 1.24 bits per heavy atom. The van der Waals surface area contributed by atoms with E-state index in [2.05, 4.69) is 21.2 Å². The quantitative estimate of drug-likeness (QED) is 0.864. The summed E-state index contributed by atoms with van der Waals surface area (Å²) in [6, 6.07) is 6.51. The molecule has 0 atom stereocenters. The number of aryl methyl sites for hydroxylation is 1. The predicted molar refractivity (Wildman–Crippen MR) is 70.4 cm³/mol. The second-order valence-corrected chi connectivity index (χ2v) is 6.16. The second kappa shape index (κ2) is 5.14. The van der Waals surface area contributed by atoms with E-state index < -0.39 is 11.6 Å². The highest BCUT2D eigenvalue weighted by molar-refractivity contribution is 9.11. The first-order valence-corrected chi connectivity index (χ1v) is 6.61. The Labute approximate surface area is 111 Å². The van der Waals surface area contributed by atoms with E-state index in [0.717, 1.165) is 8.66 Å². The highest BCUT2D eigenvalue weighted by Crippen LogP contribution is 2.25. The first-order valence-electron chi connectivity index (χ1n) is 5.00. The zero-order valence-corrected chi connectivity index (χ0v) is 11.5. The number of anilines is 1. The number of benzene rings is 1. The van der Waals surface area contributed by atoms with Gasteiger partial charge in [-0.15, -0.1) is 11.3 Å². The molecule has 0 aliphatic carbocycles. The Morgan fingerprint density at radius 2 is 2.00 bits per heavy atom. The maximum absolute atomic E-state index is 13.7. The smallest absolute Gasteiger partial charge is 0.152 e. The third-order valence-electron chi connectivity index (χ3n) is 2.35. The Bertz CT molecular complexity index is 539. The summed E-state index contributed by atoms with van der Waals surface area (Å²) in [7, 11) is 0. The van der Waals surface area contributed by atoms with Gasteiger partial charge < -0.3 is 5.32 Å². The Balaban J connectivity index is 2.16. The first-order chi connectivity index (χ1) is 8.08. The molecule has 90 valence electrons. The molecule has 0 unspecified atom stereocenters. The van der Waals surface area contributed by atoms with E-state index in [1.54, 1.807) is 6.92 Å². The molecule has 0 spiro atoms. The van der Waals surface area contributed by atoms with Gasteiger partial charge in [0.05, 0.1) is 3.79 Å². The van der Waals surface area contributed by atoms with Crippen molar-refractivity contribution in [2.75, 3.05) is 5.32 Å². The van der Waals surface area contributed by atoms with Gasteiger partial charge in [-0.05, 0) is 46.6 Å². The lowest BCUT2D eigenvalue weighted by Gasteiger charge is -2.09. The molecule has 1 aromatic carbocycles. The summed E-state index contributed by atoms with van der Waals surface area (Å²) < 4.78 is 28.1. The monoisotopic (exact) mass is 317 g/mol. The van der Waals surface area contributed by atoms with Gasteiger partial charge in [0.2, 0.25) is 0 Å². The number of rotatable bonds is 3. The van der Waals surface area contributed by atoms with E-state index >= 15 is 0 Å². The number of halogens is 3. The molecule has 0 fully saturated rings. The summed E-state index contributed by atoms with van der Waals surface area (Å²) in [5, 5.41) is 2.79. The van der Waals surface area contributed by atoms with Crippen molar-refractivity contribution < 1.29 is 8.78 Å². The molecule has 5 heteroatoms. The fourth-order valence-corrected chi connectivity index (χ4v) is 2.86. The summed E-state index contributed by atoms with van der Waals surface area (Å²) in [4.78, 5) is 1.01. The van der Waals surface area contributed by atoms with Crippen LogP contribution >= 0.6 is 27.3 Å². The van der Waals surface area contributed by atoms with Crippen LogP contribution in [-0.4, -0.2) is 0 Å². The predicted octanol–water partition coefficient (Wildman–Crippen LogP) is 4.71. The third kappa shape index (κ3) is 2.84. The Morgan fingerprint density at radius 3 is 2.65 bits per heavy atom. The SMILES string of the molecule is Cc1ccc(F)c(NCc2ccc(Br)s2)c1F. The minimum Gasteiger partial charge on any atom is -0.375 e. The zero-order chi connectivity index (χ0) is 12.4. The standard InChI is InChI=1S/C12H10BrF2NS/c1-7-2-4-9(14)12(11(7)15)16-6-8-3-5-10(13)17-8/h2-5,16H,6H2,1H3. The van der Waals surface area contributed by atoms with E-state index in [1.807, 2.05) is 12.1 Å². The summed E-state index contributed by atoms with van der Waals surface area (Å²) in [6.45, 7) is 2.02. The molecule has 1 N–H and O–H groups in total. The van der Waals surface area contributed by atoms with E-state index in [0.29, 0.717) is 12.1 Å². The van der Waals surface area contributed by atoms with Crippen molar-refractivity contribution in [2.24, 2.45) is 0 Å². The van der Waals surface area contributed by atoms with Gasteiger partial charge in [0, 0.05) is 11.4 Å². The molecule has 0 bridgehead atoms. The van der Waals surface area contributed by atoms with Crippen molar-refractivity contribution >= 4 is 33.0 Å². The highest BCUT2D eigenvalue weighted by Gasteiger charge is 2.11. The molecule has 1 aromatic heterocycles. The molecule has 1 nitrogen and oxygen atoms in total. The van der Waals surface area contributed by atoms with Gasteiger partial charge in [-0.3, -0.25) is 0 Å². The summed E-state index contributed by atoms with van der Waals surface area (Å²) in [6.07, 6.45) is 0. The van der Waals surface area contributed by atoms with E-state index in [9.17, 15) is 8.78 Å². The van der Waals surface area contributed by atoms with Crippen LogP contribution < -0.4 is 5.32 Å². The van der Waals surface area contributed by atoms with Gasteiger partial charge in [0.25, 0.3) is 0 Å². The molecule has 0 aliphatic rings. The van der Waals surface area contributed by atoms with Gasteiger partial charge in [0.15, 0.2) is 5.82 Å². The molecule has 2 aromatic rings.